The Morgan fingerprint density at radius 1 is 1.44 bits per heavy atom. The SMILES string of the molecule is CCCc1cnc2c(N)cc3c[nH][nH]c3c12. The van der Waals surface area contributed by atoms with Crippen LogP contribution in [0, 0.1) is 0 Å². The topological polar surface area (TPSA) is 70.5 Å². The number of benzene rings is 1. The Morgan fingerprint density at radius 3 is 3.12 bits per heavy atom. The highest BCUT2D eigenvalue weighted by molar-refractivity contribution is 6.10. The molecule has 0 bridgehead atoms. The van der Waals surface area contributed by atoms with Gasteiger partial charge in [-0.25, -0.2) is 0 Å². The molecule has 4 nitrogen and oxygen atoms in total. The van der Waals surface area contributed by atoms with Crippen LogP contribution in [0.3, 0.4) is 0 Å². The minimum atomic E-state index is 0.748. The number of nitrogens with two attached hydrogens (primary N) is 1. The van der Waals surface area contributed by atoms with Gasteiger partial charge in [0.05, 0.1) is 16.7 Å². The van der Waals surface area contributed by atoms with E-state index in [1.807, 2.05) is 18.5 Å². The van der Waals surface area contributed by atoms with Crippen molar-refractivity contribution in [3.8, 4) is 0 Å². The number of aromatic nitrogens is 3. The van der Waals surface area contributed by atoms with Gasteiger partial charge in [-0.05, 0) is 18.1 Å². The molecule has 0 radical (unpaired) electrons. The first-order valence-electron chi connectivity index (χ1n) is 5.52. The molecule has 1 aromatic carbocycles. The Kier molecular flexibility index (Phi) is 1.89. The van der Waals surface area contributed by atoms with E-state index in [0.29, 0.717) is 0 Å². The molecule has 0 saturated heterocycles. The number of nitrogens with one attached hydrogen (secondary N) is 2. The van der Waals surface area contributed by atoms with Crippen molar-refractivity contribution in [2.24, 2.45) is 0 Å². The lowest BCUT2D eigenvalue weighted by atomic mass is 10.1. The van der Waals surface area contributed by atoms with Crippen molar-refractivity contribution in [3.63, 3.8) is 0 Å². The Hall–Kier alpha value is -1.97. The van der Waals surface area contributed by atoms with Crippen LogP contribution in [0.25, 0.3) is 21.8 Å². The first kappa shape index (κ1) is 9.27. The second-order valence-electron chi connectivity index (χ2n) is 4.10. The van der Waals surface area contributed by atoms with Crippen LogP contribution in [-0.2, 0) is 6.42 Å². The smallest absolute Gasteiger partial charge is 0.0956 e. The molecule has 4 heteroatoms. The highest BCUT2D eigenvalue weighted by Crippen LogP contribution is 2.31. The molecule has 0 unspecified atom stereocenters. The molecular weight excluding hydrogens is 200 g/mol. The summed E-state index contributed by atoms with van der Waals surface area (Å²) < 4.78 is 0. The lowest BCUT2D eigenvalue weighted by Crippen LogP contribution is -1.88. The van der Waals surface area contributed by atoms with Crippen LogP contribution >= 0.6 is 0 Å². The van der Waals surface area contributed by atoms with Crippen LogP contribution in [0.15, 0.2) is 18.5 Å². The molecule has 82 valence electrons. The first-order chi connectivity index (χ1) is 7.81. The molecule has 2 aromatic heterocycles. The van der Waals surface area contributed by atoms with E-state index in [0.717, 1.165) is 40.3 Å². The third-order valence-corrected chi connectivity index (χ3v) is 2.97. The van der Waals surface area contributed by atoms with Gasteiger partial charge in [0.2, 0.25) is 0 Å². The monoisotopic (exact) mass is 214 g/mol. The summed E-state index contributed by atoms with van der Waals surface area (Å²) in [6.07, 6.45) is 6.01. The van der Waals surface area contributed by atoms with E-state index in [9.17, 15) is 0 Å². The average molecular weight is 214 g/mol. The maximum absolute atomic E-state index is 6.00. The van der Waals surface area contributed by atoms with Crippen LogP contribution in [0.1, 0.15) is 18.9 Å². The fraction of sp³-hybridized carbons (Fsp3) is 0.250. The van der Waals surface area contributed by atoms with Gasteiger partial charge in [-0.1, -0.05) is 13.3 Å². The standard InChI is InChI=1S/C12H14N4/c1-2-3-7-5-14-12-9(13)4-8-6-15-16-11(8)10(7)12/h4-6,15-16H,2-3,13H2,1H3. The van der Waals surface area contributed by atoms with Gasteiger partial charge in [0.15, 0.2) is 0 Å². The highest BCUT2D eigenvalue weighted by atomic mass is 15.1. The lowest BCUT2D eigenvalue weighted by molar-refractivity contribution is 0.929. The second-order valence-corrected chi connectivity index (χ2v) is 4.10. The number of nitrogens with zero attached hydrogens (tertiary/aromatic N) is 1. The van der Waals surface area contributed by atoms with E-state index in [2.05, 4.69) is 22.1 Å². The van der Waals surface area contributed by atoms with Crippen molar-refractivity contribution < 1.29 is 0 Å². The molecule has 2 heterocycles. The van der Waals surface area contributed by atoms with Crippen LogP contribution in [-0.4, -0.2) is 15.2 Å². The van der Waals surface area contributed by atoms with Crippen molar-refractivity contribution >= 4 is 27.5 Å². The number of rotatable bonds is 2. The van der Waals surface area contributed by atoms with E-state index < -0.39 is 0 Å². The maximum Gasteiger partial charge on any atom is 0.0956 e. The van der Waals surface area contributed by atoms with Crippen molar-refractivity contribution in [1.29, 1.82) is 0 Å². The van der Waals surface area contributed by atoms with Gasteiger partial charge < -0.3 is 15.9 Å². The lowest BCUT2D eigenvalue weighted by Gasteiger charge is -2.00. The number of H-pyrrole nitrogens is 2. The van der Waals surface area contributed by atoms with Crippen molar-refractivity contribution in [2.45, 2.75) is 19.8 Å². The molecular formula is C12H14N4. The number of fused-ring (bicyclic) bond motifs is 3. The Bertz CT molecular complexity index is 647. The quantitative estimate of drug-likeness (QED) is 0.574. The summed E-state index contributed by atoms with van der Waals surface area (Å²) in [6, 6.07) is 1.95. The van der Waals surface area contributed by atoms with Gasteiger partial charge in [-0.3, -0.25) is 4.98 Å². The molecule has 0 aliphatic carbocycles. The molecule has 16 heavy (non-hydrogen) atoms. The van der Waals surface area contributed by atoms with Crippen LogP contribution in [0.4, 0.5) is 5.69 Å². The summed E-state index contributed by atoms with van der Waals surface area (Å²) in [7, 11) is 0. The predicted octanol–water partition coefficient (Wildman–Crippen LogP) is 2.58. The molecule has 0 aliphatic heterocycles. The van der Waals surface area contributed by atoms with Crippen molar-refractivity contribution in [1.82, 2.24) is 15.2 Å². The van der Waals surface area contributed by atoms with E-state index in [-0.39, 0.29) is 0 Å². The number of hydrogen-bond donors (Lipinski definition) is 3. The zero-order chi connectivity index (χ0) is 11.1. The highest BCUT2D eigenvalue weighted by Gasteiger charge is 2.12. The third kappa shape index (κ3) is 1.13. The molecule has 3 aromatic rings. The molecule has 0 saturated carbocycles. The predicted molar refractivity (Wildman–Crippen MR) is 66.4 cm³/mol. The molecule has 0 atom stereocenters. The molecule has 4 N–H and O–H groups in total. The van der Waals surface area contributed by atoms with E-state index in [4.69, 9.17) is 5.73 Å². The normalized spacial score (nSPS) is 11.6. The number of aromatic amines is 2. The zero-order valence-corrected chi connectivity index (χ0v) is 9.17. The third-order valence-electron chi connectivity index (χ3n) is 2.97. The van der Waals surface area contributed by atoms with Gasteiger partial charge in [0.1, 0.15) is 0 Å². The summed E-state index contributed by atoms with van der Waals surface area (Å²) in [5, 5.41) is 8.43. The second kappa shape index (κ2) is 3.27. The van der Waals surface area contributed by atoms with E-state index >= 15 is 0 Å². The fourth-order valence-electron chi connectivity index (χ4n) is 2.27. The van der Waals surface area contributed by atoms with Crippen LogP contribution < -0.4 is 5.73 Å². The van der Waals surface area contributed by atoms with Crippen molar-refractivity contribution in [3.05, 3.63) is 24.0 Å². The number of nitrogen functional groups attached to an aromatic ring is 1. The van der Waals surface area contributed by atoms with Gasteiger partial charge >= 0.3 is 0 Å². The van der Waals surface area contributed by atoms with Gasteiger partial charge in [-0.2, -0.15) is 0 Å². The van der Waals surface area contributed by atoms with E-state index in [1.54, 1.807) is 0 Å². The summed E-state index contributed by atoms with van der Waals surface area (Å²) in [5.41, 5.74) is 10.0. The van der Waals surface area contributed by atoms with Gasteiger partial charge in [-0.15, -0.1) is 0 Å². The Morgan fingerprint density at radius 2 is 2.31 bits per heavy atom. The summed E-state index contributed by atoms with van der Waals surface area (Å²) >= 11 is 0. The fourth-order valence-corrected chi connectivity index (χ4v) is 2.27. The molecule has 0 fully saturated rings. The van der Waals surface area contributed by atoms with Crippen LogP contribution in [0.5, 0.6) is 0 Å². The number of anilines is 1. The minimum absolute atomic E-state index is 0.748. The average Bonchev–Trinajstić information content (AvgIpc) is 2.84. The molecule has 0 aliphatic rings. The summed E-state index contributed by atoms with van der Waals surface area (Å²) in [6.45, 7) is 2.17. The van der Waals surface area contributed by atoms with Gasteiger partial charge in [0, 0.05) is 23.2 Å². The molecule has 0 spiro atoms. The Labute approximate surface area is 92.8 Å². The number of hydrogen-bond acceptors (Lipinski definition) is 2. The first-order valence-corrected chi connectivity index (χ1v) is 5.52. The maximum atomic E-state index is 6.00. The minimum Gasteiger partial charge on any atom is -0.397 e. The summed E-state index contributed by atoms with van der Waals surface area (Å²) in [5.74, 6) is 0. The summed E-state index contributed by atoms with van der Waals surface area (Å²) in [4.78, 5) is 4.41. The zero-order valence-electron chi connectivity index (χ0n) is 9.17. The number of aryl methyl sites for hydroxylation is 1. The van der Waals surface area contributed by atoms with E-state index in [1.165, 1.54) is 5.56 Å². The Balaban J connectivity index is 2.46. The van der Waals surface area contributed by atoms with Crippen LogP contribution in [0.2, 0.25) is 0 Å². The molecule has 0 amide bonds. The molecule has 3 rings (SSSR count). The largest absolute Gasteiger partial charge is 0.397 e. The van der Waals surface area contributed by atoms with Gasteiger partial charge in [0.25, 0.3) is 0 Å². The van der Waals surface area contributed by atoms with Crippen molar-refractivity contribution in [2.75, 3.05) is 5.73 Å².